The van der Waals surface area contributed by atoms with Gasteiger partial charge in [0.05, 0.1) is 22.2 Å². The van der Waals surface area contributed by atoms with Gasteiger partial charge in [-0.1, -0.05) is 30.3 Å². The fraction of sp³-hybridized carbons (Fsp3) is 0.250. The highest BCUT2D eigenvalue weighted by Gasteiger charge is 2.29. The van der Waals surface area contributed by atoms with Crippen molar-refractivity contribution >= 4 is 28.1 Å². The van der Waals surface area contributed by atoms with E-state index in [-0.39, 0.29) is 22.8 Å². The highest BCUT2D eigenvalue weighted by atomic mass is 16.6. The molecule has 8 nitrogen and oxygen atoms in total. The predicted octanol–water partition coefficient (Wildman–Crippen LogP) is 2.93. The van der Waals surface area contributed by atoms with E-state index in [1.54, 1.807) is 6.07 Å². The summed E-state index contributed by atoms with van der Waals surface area (Å²) in [6.45, 7) is 1.05. The van der Waals surface area contributed by atoms with Gasteiger partial charge in [0, 0.05) is 30.6 Å². The van der Waals surface area contributed by atoms with E-state index in [0.29, 0.717) is 42.7 Å². The van der Waals surface area contributed by atoms with Crippen LogP contribution in [-0.4, -0.2) is 33.8 Å². The molecule has 0 radical (unpaired) electrons. The number of hydrogen-bond acceptors (Lipinski definition) is 6. The molecule has 1 aliphatic rings. The SMILES string of the molecule is O=C(c1ccccc1)C1CCN(c2cc3nc[nH]c(=O)c3cc2[N+](=O)[O-])CC1. The van der Waals surface area contributed by atoms with Crippen molar-refractivity contribution in [2.24, 2.45) is 5.92 Å². The zero-order chi connectivity index (χ0) is 19.7. The molecule has 0 unspecified atom stereocenters. The van der Waals surface area contributed by atoms with E-state index in [1.807, 2.05) is 35.2 Å². The maximum atomic E-state index is 12.7. The van der Waals surface area contributed by atoms with Crippen LogP contribution in [0, 0.1) is 16.0 Å². The summed E-state index contributed by atoms with van der Waals surface area (Å²) in [4.78, 5) is 44.1. The Morgan fingerprint density at radius 2 is 1.89 bits per heavy atom. The van der Waals surface area contributed by atoms with E-state index in [0.717, 1.165) is 0 Å². The van der Waals surface area contributed by atoms with Gasteiger partial charge in [-0.05, 0) is 18.9 Å². The van der Waals surface area contributed by atoms with Gasteiger partial charge in [-0.2, -0.15) is 0 Å². The number of piperidine rings is 1. The number of Topliss-reactive ketones (excluding diaryl/α,β-unsaturated/α-hetero) is 1. The number of nitro groups is 1. The lowest BCUT2D eigenvalue weighted by Gasteiger charge is -2.32. The lowest BCUT2D eigenvalue weighted by atomic mass is 9.88. The number of aromatic nitrogens is 2. The fourth-order valence-corrected chi connectivity index (χ4v) is 3.71. The number of nitrogens with one attached hydrogen (secondary N) is 1. The third kappa shape index (κ3) is 3.24. The Morgan fingerprint density at radius 1 is 1.18 bits per heavy atom. The second-order valence-electron chi connectivity index (χ2n) is 6.84. The monoisotopic (exact) mass is 378 g/mol. The van der Waals surface area contributed by atoms with Crippen molar-refractivity contribution in [2.45, 2.75) is 12.8 Å². The highest BCUT2D eigenvalue weighted by molar-refractivity contribution is 5.98. The molecule has 1 fully saturated rings. The number of nitro benzene ring substituents is 1. The Hall–Kier alpha value is -3.55. The molecule has 2 heterocycles. The average Bonchev–Trinajstić information content (AvgIpc) is 2.73. The van der Waals surface area contributed by atoms with Crippen LogP contribution < -0.4 is 10.5 Å². The number of benzene rings is 2. The Bertz CT molecular complexity index is 1100. The van der Waals surface area contributed by atoms with Gasteiger partial charge in [-0.3, -0.25) is 19.7 Å². The van der Waals surface area contributed by atoms with Gasteiger partial charge in [-0.15, -0.1) is 0 Å². The predicted molar refractivity (Wildman–Crippen MR) is 105 cm³/mol. The van der Waals surface area contributed by atoms with Crippen molar-refractivity contribution in [3.63, 3.8) is 0 Å². The summed E-state index contributed by atoms with van der Waals surface area (Å²) in [7, 11) is 0. The highest BCUT2D eigenvalue weighted by Crippen LogP contribution is 2.34. The molecule has 142 valence electrons. The van der Waals surface area contributed by atoms with E-state index in [2.05, 4.69) is 9.97 Å². The van der Waals surface area contributed by atoms with Crippen LogP contribution in [0.4, 0.5) is 11.4 Å². The topological polar surface area (TPSA) is 109 Å². The first kappa shape index (κ1) is 17.8. The van der Waals surface area contributed by atoms with Crippen LogP contribution in [0.2, 0.25) is 0 Å². The molecule has 1 aromatic heterocycles. The molecule has 2 aromatic carbocycles. The molecule has 1 aliphatic heterocycles. The maximum absolute atomic E-state index is 12.7. The van der Waals surface area contributed by atoms with E-state index >= 15 is 0 Å². The molecule has 0 atom stereocenters. The van der Waals surface area contributed by atoms with Crippen molar-refractivity contribution in [1.29, 1.82) is 0 Å². The van der Waals surface area contributed by atoms with Gasteiger partial charge in [0.25, 0.3) is 11.2 Å². The molecular formula is C20H18N4O4. The van der Waals surface area contributed by atoms with Crippen LogP contribution in [0.15, 0.2) is 53.6 Å². The fourth-order valence-electron chi connectivity index (χ4n) is 3.71. The molecule has 0 amide bonds. The smallest absolute Gasteiger partial charge is 0.293 e. The van der Waals surface area contributed by atoms with Crippen molar-refractivity contribution in [3.05, 3.63) is 74.8 Å². The number of fused-ring (bicyclic) bond motifs is 1. The summed E-state index contributed by atoms with van der Waals surface area (Å²) in [6, 6.07) is 12.0. The number of anilines is 1. The molecule has 0 spiro atoms. The van der Waals surface area contributed by atoms with Crippen LogP contribution >= 0.6 is 0 Å². The van der Waals surface area contributed by atoms with Gasteiger partial charge < -0.3 is 9.88 Å². The second-order valence-corrected chi connectivity index (χ2v) is 6.84. The maximum Gasteiger partial charge on any atom is 0.293 e. The minimum absolute atomic E-state index is 0.0980. The van der Waals surface area contributed by atoms with Crippen LogP contribution in [0.1, 0.15) is 23.2 Å². The number of aromatic amines is 1. The lowest BCUT2D eigenvalue weighted by Crippen LogP contribution is -2.36. The van der Waals surface area contributed by atoms with Crippen LogP contribution in [0.5, 0.6) is 0 Å². The van der Waals surface area contributed by atoms with Crippen molar-refractivity contribution < 1.29 is 9.72 Å². The van der Waals surface area contributed by atoms with E-state index in [4.69, 9.17) is 0 Å². The average molecular weight is 378 g/mol. The summed E-state index contributed by atoms with van der Waals surface area (Å²) in [5.74, 6) is 0.0144. The minimum Gasteiger partial charge on any atom is -0.366 e. The first-order chi connectivity index (χ1) is 13.5. The summed E-state index contributed by atoms with van der Waals surface area (Å²) in [5.41, 5.74) is 1.000. The van der Waals surface area contributed by atoms with Gasteiger partial charge >= 0.3 is 0 Å². The van der Waals surface area contributed by atoms with Crippen molar-refractivity contribution in [3.8, 4) is 0 Å². The number of H-pyrrole nitrogens is 1. The second kappa shape index (κ2) is 7.22. The molecule has 0 aliphatic carbocycles. The van der Waals surface area contributed by atoms with Gasteiger partial charge in [0.2, 0.25) is 0 Å². The summed E-state index contributed by atoms with van der Waals surface area (Å²) in [6.07, 6.45) is 2.52. The quantitative estimate of drug-likeness (QED) is 0.425. The lowest BCUT2D eigenvalue weighted by molar-refractivity contribution is -0.384. The van der Waals surface area contributed by atoms with Gasteiger partial charge in [-0.25, -0.2) is 4.98 Å². The minimum atomic E-state index is -0.484. The largest absolute Gasteiger partial charge is 0.366 e. The number of nitrogens with zero attached hydrogens (tertiary/aromatic N) is 3. The molecule has 8 heteroatoms. The normalized spacial score (nSPS) is 14.9. The Morgan fingerprint density at radius 3 is 2.57 bits per heavy atom. The Labute approximate surface area is 160 Å². The number of rotatable bonds is 4. The third-order valence-electron chi connectivity index (χ3n) is 5.20. The van der Waals surface area contributed by atoms with E-state index in [9.17, 15) is 19.7 Å². The number of carbonyl (C=O) groups excluding carboxylic acids is 1. The number of carbonyl (C=O) groups is 1. The van der Waals surface area contributed by atoms with E-state index in [1.165, 1.54) is 12.4 Å². The molecule has 1 N–H and O–H groups in total. The van der Waals surface area contributed by atoms with Crippen molar-refractivity contribution in [1.82, 2.24) is 9.97 Å². The number of hydrogen-bond donors (Lipinski definition) is 1. The standard InChI is InChI=1S/C20H18N4O4/c25-19(13-4-2-1-3-5-13)14-6-8-23(9-7-14)17-11-16-15(10-18(17)24(27)28)20(26)22-12-21-16/h1-5,10-12,14H,6-9H2,(H,21,22,26). The van der Waals surface area contributed by atoms with Gasteiger partial charge in [0.1, 0.15) is 5.69 Å². The number of ketones is 1. The molecule has 4 rings (SSSR count). The van der Waals surface area contributed by atoms with Crippen LogP contribution in [0.3, 0.4) is 0 Å². The molecule has 1 saturated heterocycles. The molecule has 3 aromatic rings. The van der Waals surface area contributed by atoms with Crippen molar-refractivity contribution in [2.75, 3.05) is 18.0 Å². The Kier molecular flexibility index (Phi) is 4.60. The summed E-state index contributed by atoms with van der Waals surface area (Å²) in [5, 5.41) is 11.8. The zero-order valence-corrected chi connectivity index (χ0v) is 15.0. The summed E-state index contributed by atoms with van der Waals surface area (Å²) < 4.78 is 0. The molecule has 28 heavy (non-hydrogen) atoms. The molecule has 0 saturated carbocycles. The molecule has 0 bridgehead atoms. The van der Waals surface area contributed by atoms with Crippen LogP contribution in [-0.2, 0) is 0 Å². The molecular weight excluding hydrogens is 360 g/mol. The zero-order valence-electron chi connectivity index (χ0n) is 15.0. The van der Waals surface area contributed by atoms with Crippen LogP contribution in [0.25, 0.3) is 10.9 Å². The summed E-state index contributed by atoms with van der Waals surface area (Å²) >= 11 is 0. The van der Waals surface area contributed by atoms with E-state index < -0.39 is 10.5 Å². The first-order valence-corrected chi connectivity index (χ1v) is 9.04. The first-order valence-electron chi connectivity index (χ1n) is 9.04. The third-order valence-corrected chi connectivity index (χ3v) is 5.20. The van der Waals surface area contributed by atoms with Gasteiger partial charge in [0.15, 0.2) is 5.78 Å². The Balaban J connectivity index is 1.60.